The molecule has 2 aromatic heterocycles. The van der Waals surface area contributed by atoms with Gasteiger partial charge in [0.2, 0.25) is 5.91 Å². The Morgan fingerprint density at radius 1 is 1.23 bits per heavy atom. The zero-order chi connectivity index (χ0) is 15.3. The minimum Gasteiger partial charge on any atom is -0.352 e. The second-order valence-corrected chi connectivity index (χ2v) is 5.75. The molecule has 0 fully saturated rings. The third-order valence-corrected chi connectivity index (χ3v) is 4.17. The summed E-state index contributed by atoms with van der Waals surface area (Å²) in [6, 6.07) is 8.27. The number of amides is 1. The molecule has 0 radical (unpaired) electrons. The van der Waals surface area contributed by atoms with Gasteiger partial charge < -0.3 is 5.32 Å². The molecule has 5 heteroatoms. The topological polar surface area (TPSA) is 59.8 Å². The van der Waals surface area contributed by atoms with Gasteiger partial charge in [-0.3, -0.25) is 14.5 Å². The lowest BCUT2D eigenvalue weighted by atomic mass is 9.97. The molecule has 1 N–H and O–H groups in total. The molecule has 0 bridgehead atoms. The Balaban J connectivity index is 1.96. The predicted molar refractivity (Wildman–Crippen MR) is 84.2 cm³/mol. The van der Waals surface area contributed by atoms with Gasteiger partial charge in [-0.15, -0.1) is 0 Å². The van der Waals surface area contributed by atoms with Gasteiger partial charge in [0.1, 0.15) is 5.69 Å². The van der Waals surface area contributed by atoms with E-state index in [4.69, 9.17) is 0 Å². The van der Waals surface area contributed by atoms with E-state index < -0.39 is 0 Å². The molecule has 0 saturated heterocycles. The Morgan fingerprint density at radius 3 is 2.91 bits per heavy atom. The first-order valence-corrected chi connectivity index (χ1v) is 7.30. The van der Waals surface area contributed by atoms with E-state index in [1.165, 1.54) is 5.56 Å². The summed E-state index contributed by atoms with van der Waals surface area (Å²) >= 11 is 0. The van der Waals surface area contributed by atoms with Gasteiger partial charge in [0.05, 0.1) is 11.9 Å². The van der Waals surface area contributed by atoms with Crippen molar-refractivity contribution in [2.45, 2.75) is 19.9 Å². The maximum atomic E-state index is 11.6. The predicted octanol–water partition coefficient (Wildman–Crippen LogP) is 2.12. The van der Waals surface area contributed by atoms with Crippen molar-refractivity contribution < 1.29 is 4.79 Å². The third kappa shape index (κ3) is 1.97. The van der Waals surface area contributed by atoms with Crippen LogP contribution in [0, 0.1) is 6.92 Å². The molecule has 110 valence electrons. The molecule has 0 saturated carbocycles. The fraction of sp³-hybridized carbons (Fsp3) is 0.235. The molecular formula is C17H16N4O. The van der Waals surface area contributed by atoms with Crippen molar-refractivity contribution >= 4 is 16.8 Å². The summed E-state index contributed by atoms with van der Waals surface area (Å²) in [6.45, 7) is 2.57. The highest BCUT2D eigenvalue weighted by molar-refractivity contribution is 5.95. The van der Waals surface area contributed by atoms with Crippen LogP contribution in [0.5, 0.6) is 0 Å². The molecule has 0 atom stereocenters. The van der Waals surface area contributed by atoms with Crippen molar-refractivity contribution in [2.24, 2.45) is 7.05 Å². The Labute approximate surface area is 128 Å². The van der Waals surface area contributed by atoms with Crippen LogP contribution in [0.4, 0.5) is 0 Å². The van der Waals surface area contributed by atoms with Gasteiger partial charge in [0.25, 0.3) is 0 Å². The number of carbonyl (C=O) groups excluding carboxylic acids is 1. The zero-order valence-corrected chi connectivity index (χ0v) is 12.6. The number of nitrogens with zero attached hydrogens (tertiary/aromatic N) is 3. The number of aromatic nitrogens is 3. The van der Waals surface area contributed by atoms with Crippen LogP contribution in [0.2, 0.25) is 0 Å². The minimum absolute atomic E-state index is 0.0824. The van der Waals surface area contributed by atoms with E-state index in [9.17, 15) is 4.79 Å². The zero-order valence-electron chi connectivity index (χ0n) is 12.6. The fourth-order valence-corrected chi connectivity index (χ4v) is 3.06. The second kappa shape index (κ2) is 4.66. The summed E-state index contributed by atoms with van der Waals surface area (Å²) in [4.78, 5) is 15.8. The quantitative estimate of drug-likeness (QED) is 0.747. The largest absolute Gasteiger partial charge is 0.352 e. The summed E-state index contributed by atoms with van der Waals surface area (Å²) in [5.74, 6) is 0.0824. The molecule has 3 heterocycles. The van der Waals surface area contributed by atoms with Crippen LogP contribution in [-0.4, -0.2) is 20.7 Å². The van der Waals surface area contributed by atoms with E-state index in [0.29, 0.717) is 13.0 Å². The molecule has 1 aromatic carbocycles. The maximum absolute atomic E-state index is 11.6. The number of rotatable bonds is 1. The Bertz CT molecular complexity index is 910. The van der Waals surface area contributed by atoms with Crippen LogP contribution in [0.3, 0.4) is 0 Å². The summed E-state index contributed by atoms with van der Waals surface area (Å²) in [5.41, 5.74) is 6.32. The van der Waals surface area contributed by atoms with E-state index in [1.54, 1.807) is 0 Å². The lowest BCUT2D eigenvalue weighted by Crippen LogP contribution is -2.30. The van der Waals surface area contributed by atoms with Gasteiger partial charge in [0, 0.05) is 36.4 Å². The summed E-state index contributed by atoms with van der Waals surface area (Å²) < 4.78 is 1.88. The standard InChI is InChI=1S/C17H16N4O/c1-10-5-11(3-4-18-10)17-14-6-13-9-19-16(22)8-12(13)7-15(14)21(2)20-17/h3-7H,8-9H2,1-2H3,(H,19,22). The fourth-order valence-electron chi connectivity index (χ4n) is 3.06. The van der Waals surface area contributed by atoms with Gasteiger partial charge in [-0.25, -0.2) is 0 Å². The molecule has 3 aromatic rings. The molecule has 1 aliphatic heterocycles. The smallest absolute Gasteiger partial charge is 0.224 e. The molecule has 1 aliphatic rings. The first-order valence-electron chi connectivity index (χ1n) is 7.30. The van der Waals surface area contributed by atoms with Crippen LogP contribution < -0.4 is 5.32 Å². The highest BCUT2D eigenvalue weighted by atomic mass is 16.1. The van der Waals surface area contributed by atoms with Crippen molar-refractivity contribution in [1.82, 2.24) is 20.1 Å². The van der Waals surface area contributed by atoms with Crippen LogP contribution >= 0.6 is 0 Å². The van der Waals surface area contributed by atoms with Crippen LogP contribution in [0.15, 0.2) is 30.5 Å². The number of pyridine rings is 1. The van der Waals surface area contributed by atoms with Gasteiger partial charge >= 0.3 is 0 Å². The number of hydrogen-bond acceptors (Lipinski definition) is 3. The average Bonchev–Trinajstić information content (AvgIpc) is 2.82. The highest BCUT2D eigenvalue weighted by Crippen LogP contribution is 2.31. The molecule has 4 rings (SSSR count). The monoisotopic (exact) mass is 292 g/mol. The van der Waals surface area contributed by atoms with Crippen LogP contribution in [-0.2, 0) is 24.8 Å². The molecule has 0 aliphatic carbocycles. The lowest BCUT2D eigenvalue weighted by molar-refractivity contribution is -0.121. The summed E-state index contributed by atoms with van der Waals surface area (Å²) in [7, 11) is 1.94. The van der Waals surface area contributed by atoms with Crippen LogP contribution in [0.25, 0.3) is 22.2 Å². The van der Waals surface area contributed by atoms with Crippen molar-refractivity contribution in [1.29, 1.82) is 0 Å². The summed E-state index contributed by atoms with van der Waals surface area (Å²) in [6.07, 6.45) is 2.25. The van der Waals surface area contributed by atoms with E-state index in [1.807, 2.05) is 37.0 Å². The van der Waals surface area contributed by atoms with E-state index >= 15 is 0 Å². The average molecular weight is 292 g/mol. The number of fused-ring (bicyclic) bond motifs is 2. The molecule has 22 heavy (non-hydrogen) atoms. The number of aryl methyl sites for hydroxylation is 2. The van der Waals surface area contributed by atoms with Gasteiger partial charge in [0.15, 0.2) is 0 Å². The van der Waals surface area contributed by atoms with Crippen molar-refractivity contribution in [2.75, 3.05) is 0 Å². The number of carbonyl (C=O) groups is 1. The molecule has 5 nitrogen and oxygen atoms in total. The van der Waals surface area contributed by atoms with Crippen LogP contribution in [0.1, 0.15) is 16.8 Å². The second-order valence-electron chi connectivity index (χ2n) is 5.75. The van der Waals surface area contributed by atoms with E-state index in [-0.39, 0.29) is 5.91 Å². The van der Waals surface area contributed by atoms with Gasteiger partial charge in [-0.2, -0.15) is 5.10 Å². The molecule has 0 unspecified atom stereocenters. The minimum atomic E-state index is 0.0824. The molecular weight excluding hydrogens is 276 g/mol. The molecule has 0 spiro atoms. The van der Waals surface area contributed by atoms with E-state index in [0.717, 1.165) is 33.4 Å². The number of hydrogen-bond donors (Lipinski definition) is 1. The lowest BCUT2D eigenvalue weighted by Gasteiger charge is -2.16. The highest BCUT2D eigenvalue weighted by Gasteiger charge is 2.19. The number of benzene rings is 1. The summed E-state index contributed by atoms with van der Waals surface area (Å²) in [5, 5.41) is 8.69. The third-order valence-electron chi connectivity index (χ3n) is 4.17. The van der Waals surface area contributed by atoms with Gasteiger partial charge in [-0.05, 0) is 42.3 Å². The first-order chi connectivity index (χ1) is 10.6. The number of nitrogens with one attached hydrogen (secondary N) is 1. The maximum Gasteiger partial charge on any atom is 0.224 e. The van der Waals surface area contributed by atoms with Crippen molar-refractivity contribution in [3.8, 4) is 11.3 Å². The first kappa shape index (κ1) is 13.0. The van der Waals surface area contributed by atoms with Gasteiger partial charge in [-0.1, -0.05) is 0 Å². The van der Waals surface area contributed by atoms with E-state index in [2.05, 4.69) is 27.5 Å². The molecule has 1 amide bonds. The van der Waals surface area contributed by atoms with Crippen molar-refractivity contribution in [3.05, 3.63) is 47.3 Å². The normalized spacial score (nSPS) is 14.0. The van der Waals surface area contributed by atoms with Crippen molar-refractivity contribution in [3.63, 3.8) is 0 Å². The SMILES string of the molecule is Cc1cc(-c2nn(C)c3cc4c(cc23)CNC(=O)C4)ccn1. The Hall–Kier alpha value is -2.69. The Kier molecular flexibility index (Phi) is 2.76. The Morgan fingerprint density at radius 2 is 2.09 bits per heavy atom.